The molecule has 12 heavy (non-hydrogen) atoms. The highest BCUT2D eigenvalue weighted by atomic mass is 15.3. The standard InChI is InChI=1S/C10H18N2/c1-5-7-12-8-6-10(9(12)2)11(3)4/h1,9-10H,6-8H2,2-4H3. The molecule has 0 aromatic heterocycles. The van der Waals surface area contributed by atoms with Crippen molar-refractivity contribution < 1.29 is 0 Å². The molecule has 0 radical (unpaired) electrons. The molecule has 1 rings (SSSR count). The molecule has 0 bridgehead atoms. The van der Waals surface area contributed by atoms with Gasteiger partial charge in [0.2, 0.25) is 0 Å². The molecule has 2 nitrogen and oxygen atoms in total. The van der Waals surface area contributed by atoms with Crippen LogP contribution >= 0.6 is 0 Å². The van der Waals surface area contributed by atoms with Gasteiger partial charge in [-0.15, -0.1) is 6.42 Å². The maximum absolute atomic E-state index is 5.29. The van der Waals surface area contributed by atoms with E-state index in [1.165, 1.54) is 6.42 Å². The molecule has 1 aliphatic rings. The SMILES string of the molecule is C#CCN1CCC(N(C)C)C1C. The summed E-state index contributed by atoms with van der Waals surface area (Å²) >= 11 is 0. The normalized spacial score (nSPS) is 30.9. The quantitative estimate of drug-likeness (QED) is 0.556. The van der Waals surface area contributed by atoms with E-state index < -0.39 is 0 Å². The molecule has 1 aliphatic heterocycles. The van der Waals surface area contributed by atoms with Crippen LogP contribution in [-0.4, -0.2) is 49.1 Å². The molecule has 0 N–H and O–H groups in total. The predicted molar refractivity (Wildman–Crippen MR) is 52.0 cm³/mol. The zero-order valence-corrected chi connectivity index (χ0v) is 8.25. The lowest BCUT2D eigenvalue weighted by molar-refractivity contribution is 0.213. The van der Waals surface area contributed by atoms with Crippen LogP contribution in [0.1, 0.15) is 13.3 Å². The Morgan fingerprint density at radius 2 is 2.25 bits per heavy atom. The van der Waals surface area contributed by atoms with E-state index in [9.17, 15) is 0 Å². The second kappa shape index (κ2) is 3.93. The van der Waals surface area contributed by atoms with E-state index in [-0.39, 0.29) is 0 Å². The average molecular weight is 166 g/mol. The van der Waals surface area contributed by atoms with Gasteiger partial charge in [0.1, 0.15) is 0 Å². The Bertz CT molecular complexity index is 181. The summed E-state index contributed by atoms with van der Waals surface area (Å²) in [7, 11) is 4.28. The Morgan fingerprint density at radius 3 is 2.67 bits per heavy atom. The van der Waals surface area contributed by atoms with Crippen LogP contribution in [0.5, 0.6) is 0 Å². The number of likely N-dealkylation sites (N-methyl/N-ethyl adjacent to an activating group) is 1. The maximum Gasteiger partial charge on any atom is 0.0601 e. The van der Waals surface area contributed by atoms with Gasteiger partial charge >= 0.3 is 0 Å². The van der Waals surface area contributed by atoms with Crippen LogP contribution < -0.4 is 0 Å². The fourth-order valence-corrected chi connectivity index (χ4v) is 2.02. The number of nitrogens with zero attached hydrogens (tertiary/aromatic N) is 2. The van der Waals surface area contributed by atoms with Gasteiger partial charge in [0.05, 0.1) is 6.54 Å². The van der Waals surface area contributed by atoms with Crippen LogP contribution in [0.15, 0.2) is 0 Å². The number of hydrogen-bond acceptors (Lipinski definition) is 2. The second-order valence-electron chi connectivity index (χ2n) is 3.73. The Balaban J connectivity index is 2.50. The molecule has 0 aromatic rings. The minimum absolute atomic E-state index is 0.607. The first kappa shape index (κ1) is 9.57. The van der Waals surface area contributed by atoms with Crippen LogP contribution in [0.3, 0.4) is 0 Å². The van der Waals surface area contributed by atoms with E-state index in [4.69, 9.17) is 6.42 Å². The fraction of sp³-hybridized carbons (Fsp3) is 0.800. The van der Waals surface area contributed by atoms with Crippen LogP contribution in [-0.2, 0) is 0 Å². The molecule has 1 heterocycles. The van der Waals surface area contributed by atoms with Gasteiger partial charge in [-0.05, 0) is 27.4 Å². The summed E-state index contributed by atoms with van der Waals surface area (Å²) in [6.07, 6.45) is 6.53. The smallest absolute Gasteiger partial charge is 0.0601 e. The van der Waals surface area contributed by atoms with Crippen molar-refractivity contribution >= 4 is 0 Å². The third-order valence-electron chi connectivity index (χ3n) is 2.80. The Kier molecular flexibility index (Phi) is 3.13. The summed E-state index contributed by atoms with van der Waals surface area (Å²) in [4.78, 5) is 4.66. The first-order valence-electron chi connectivity index (χ1n) is 4.50. The molecule has 1 saturated heterocycles. The third kappa shape index (κ3) is 1.80. The van der Waals surface area contributed by atoms with E-state index in [1.807, 2.05) is 0 Å². The van der Waals surface area contributed by atoms with Gasteiger partial charge in [0.15, 0.2) is 0 Å². The van der Waals surface area contributed by atoms with Crippen molar-refractivity contribution in [2.75, 3.05) is 27.2 Å². The fourth-order valence-electron chi connectivity index (χ4n) is 2.02. The van der Waals surface area contributed by atoms with Crippen molar-refractivity contribution in [1.82, 2.24) is 9.80 Å². The molecule has 2 atom stereocenters. The molecule has 2 unspecified atom stereocenters. The van der Waals surface area contributed by atoms with Gasteiger partial charge in [-0.25, -0.2) is 0 Å². The molecule has 2 heteroatoms. The highest BCUT2D eigenvalue weighted by Crippen LogP contribution is 2.19. The Labute approximate surface area is 75.5 Å². The van der Waals surface area contributed by atoms with Crippen LogP contribution in [0.2, 0.25) is 0 Å². The highest BCUT2D eigenvalue weighted by Gasteiger charge is 2.30. The molecule has 0 aromatic carbocycles. The summed E-state index contributed by atoms with van der Waals surface area (Å²) in [6, 6.07) is 1.29. The van der Waals surface area contributed by atoms with Crippen LogP contribution in [0, 0.1) is 12.3 Å². The summed E-state index contributed by atoms with van der Waals surface area (Å²) in [6.45, 7) is 4.20. The Hall–Kier alpha value is -0.520. The number of terminal acetylenes is 1. The average Bonchev–Trinajstić information content (AvgIpc) is 2.34. The van der Waals surface area contributed by atoms with E-state index in [2.05, 4.69) is 36.7 Å². The second-order valence-corrected chi connectivity index (χ2v) is 3.73. The van der Waals surface area contributed by atoms with Crippen molar-refractivity contribution in [3.8, 4) is 12.3 Å². The molecule has 0 aliphatic carbocycles. The number of rotatable bonds is 2. The van der Waals surface area contributed by atoms with Crippen molar-refractivity contribution in [3.63, 3.8) is 0 Å². The van der Waals surface area contributed by atoms with Crippen molar-refractivity contribution in [3.05, 3.63) is 0 Å². The van der Waals surface area contributed by atoms with Gasteiger partial charge in [0.25, 0.3) is 0 Å². The predicted octanol–water partition coefficient (Wildman–Crippen LogP) is 0.644. The lowest BCUT2D eigenvalue weighted by atomic mass is 10.1. The van der Waals surface area contributed by atoms with Gasteiger partial charge < -0.3 is 4.90 Å². The first-order chi connectivity index (χ1) is 5.66. The topological polar surface area (TPSA) is 6.48 Å². The van der Waals surface area contributed by atoms with Crippen LogP contribution in [0.25, 0.3) is 0 Å². The highest BCUT2D eigenvalue weighted by molar-refractivity contribution is 4.96. The van der Waals surface area contributed by atoms with Crippen molar-refractivity contribution in [2.45, 2.75) is 25.4 Å². The molecule has 0 saturated carbocycles. The van der Waals surface area contributed by atoms with Gasteiger partial charge in [-0.1, -0.05) is 5.92 Å². The van der Waals surface area contributed by atoms with E-state index in [1.54, 1.807) is 0 Å². The minimum atomic E-state index is 0.607. The summed E-state index contributed by atoms with van der Waals surface area (Å²) in [5.41, 5.74) is 0. The zero-order valence-electron chi connectivity index (χ0n) is 8.25. The molecule has 68 valence electrons. The van der Waals surface area contributed by atoms with E-state index in [0.717, 1.165) is 13.1 Å². The molecule has 0 amide bonds. The minimum Gasteiger partial charge on any atom is -0.305 e. The monoisotopic (exact) mass is 166 g/mol. The molecular weight excluding hydrogens is 148 g/mol. The largest absolute Gasteiger partial charge is 0.305 e. The molecule has 0 spiro atoms. The number of hydrogen-bond donors (Lipinski definition) is 0. The van der Waals surface area contributed by atoms with E-state index >= 15 is 0 Å². The van der Waals surface area contributed by atoms with Gasteiger partial charge in [0, 0.05) is 18.6 Å². The Morgan fingerprint density at radius 1 is 1.58 bits per heavy atom. The maximum atomic E-state index is 5.29. The third-order valence-corrected chi connectivity index (χ3v) is 2.80. The zero-order chi connectivity index (χ0) is 9.14. The number of likely N-dealkylation sites (tertiary alicyclic amines) is 1. The molecule has 1 fully saturated rings. The summed E-state index contributed by atoms with van der Waals surface area (Å²) in [5.74, 6) is 2.71. The summed E-state index contributed by atoms with van der Waals surface area (Å²) in [5, 5.41) is 0. The van der Waals surface area contributed by atoms with Crippen molar-refractivity contribution in [2.24, 2.45) is 0 Å². The lowest BCUT2D eigenvalue weighted by Crippen LogP contribution is -2.39. The summed E-state index contributed by atoms with van der Waals surface area (Å²) < 4.78 is 0. The van der Waals surface area contributed by atoms with Gasteiger partial charge in [-0.3, -0.25) is 4.90 Å². The van der Waals surface area contributed by atoms with Crippen molar-refractivity contribution in [1.29, 1.82) is 0 Å². The first-order valence-corrected chi connectivity index (χ1v) is 4.50. The van der Waals surface area contributed by atoms with Gasteiger partial charge in [-0.2, -0.15) is 0 Å². The van der Waals surface area contributed by atoms with E-state index in [0.29, 0.717) is 12.1 Å². The van der Waals surface area contributed by atoms with Crippen LogP contribution in [0.4, 0.5) is 0 Å². The molecular formula is C10H18N2. The lowest BCUT2D eigenvalue weighted by Gasteiger charge is -2.27.